The SMILES string of the molecule is CCCCCCCCCCCCC(C)C(C)c1cc(C)cc(C)c1O. The van der Waals surface area contributed by atoms with Crippen molar-refractivity contribution in [3.05, 3.63) is 28.8 Å². The van der Waals surface area contributed by atoms with Crippen LogP contribution in [0.1, 0.15) is 114 Å². The first kappa shape index (κ1) is 22.1. The van der Waals surface area contributed by atoms with Gasteiger partial charge in [0, 0.05) is 0 Å². The number of aryl methyl sites for hydroxylation is 2. The number of rotatable bonds is 13. The predicted octanol–water partition coefficient (Wildman–Crippen LogP) is 8.06. The summed E-state index contributed by atoms with van der Waals surface area (Å²) in [6.07, 6.45) is 15.2. The fraction of sp³-hybridized carbons (Fsp3) is 0.750. The number of phenolic OH excluding ortho intramolecular Hbond substituents is 1. The molecule has 0 radical (unpaired) electrons. The number of phenols is 1. The summed E-state index contributed by atoms with van der Waals surface area (Å²) in [5.41, 5.74) is 3.40. The number of aromatic hydroxyl groups is 1. The molecule has 1 N–H and O–H groups in total. The molecule has 144 valence electrons. The molecular formula is C24H42O. The lowest BCUT2D eigenvalue weighted by Gasteiger charge is -2.22. The molecular weight excluding hydrogens is 304 g/mol. The van der Waals surface area contributed by atoms with Crippen LogP contribution in [0.2, 0.25) is 0 Å². The van der Waals surface area contributed by atoms with Gasteiger partial charge in [-0.2, -0.15) is 0 Å². The second kappa shape index (κ2) is 12.4. The van der Waals surface area contributed by atoms with Crippen molar-refractivity contribution >= 4 is 0 Å². The van der Waals surface area contributed by atoms with Crippen molar-refractivity contribution in [2.75, 3.05) is 0 Å². The van der Waals surface area contributed by atoms with Gasteiger partial charge >= 0.3 is 0 Å². The molecule has 0 bridgehead atoms. The summed E-state index contributed by atoms with van der Waals surface area (Å²) in [7, 11) is 0. The molecule has 25 heavy (non-hydrogen) atoms. The Morgan fingerprint density at radius 2 is 1.32 bits per heavy atom. The average Bonchev–Trinajstić information content (AvgIpc) is 2.58. The molecule has 0 aliphatic carbocycles. The van der Waals surface area contributed by atoms with Crippen molar-refractivity contribution < 1.29 is 5.11 Å². The average molecular weight is 347 g/mol. The van der Waals surface area contributed by atoms with Gasteiger partial charge in [-0.3, -0.25) is 0 Å². The molecule has 0 fully saturated rings. The Kier molecular flexibility index (Phi) is 10.9. The summed E-state index contributed by atoms with van der Waals surface area (Å²) in [4.78, 5) is 0. The van der Waals surface area contributed by atoms with E-state index in [1.165, 1.54) is 76.2 Å². The number of hydrogen-bond donors (Lipinski definition) is 1. The topological polar surface area (TPSA) is 20.2 Å². The fourth-order valence-corrected chi connectivity index (χ4v) is 3.85. The van der Waals surface area contributed by atoms with Gasteiger partial charge in [0.2, 0.25) is 0 Å². The molecule has 1 aromatic carbocycles. The third kappa shape index (κ3) is 8.29. The highest BCUT2D eigenvalue weighted by atomic mass is 16.3. The summed E-state index contributed by atoms with van der Waals surface area (Å²) in [5, 5.41) is 10.4. The van der Waals surface area contributed by atoms with Gasteiger partial charge in [-0.15, -0.1) is 0 Å². The minimum Gasteiger partial charge on any atom is -0.507 e. The minimum atomic E-state index is 0.428. The van der Waals surface area contributed by atoms with Crippen LogP contribution in [-0.2, 0) is 0 Å². The summed E-state index contributed by atoms with van der Waals surface area (Å²) < 4.78 is 0. The zero-order chi connectivity index (χ0) is 18.7. The van der Waals surface area contributed by atoms with Gasteiger partial charge in [-0.25, -0.2) is 0 Å². The van der Waals surface area contributed by atoms with Crippen molar-refractivity contribution in [3.8, 4) is 5.75 Å². The molecule has 1 aromatic rings. The number of benzene rings is 1. The quantitative estimate of drug-likeness (QED) is 0.358. The first-order valence-corrected chi connectivity index (χ1v) is 10.8. The number of hydrogen-bond acceptors (Lipinski definition) is 1. The first-order chi connectivity index (χ1) is 12.0. The molecule has 0 amide bonds. The van der Waals surface area contributed by atoms with Crippen molar-refractivity contribution in [3.63, 3.8) is 0 Å². The Labute approximate surface area is 157 Å². The van der Waals surface area contributed by atoms with E-state index in [9.17, 15) is 5.11 Å². The zero-order valence-electron chi connectivity index (χ0n) is 17.5. The Morgan fingerprint density at radius 3 is 1.88 bits per heavy atom. The van der Waals surface area contributed by atoms with E-state index in [-0.39, 0.29) is 0 Å². The Bertz CT molecular complexity index is 477. The largest absolute Gasteiger partial charge is 0.507 e. The van der Waals surface area contributed by atoms with Crippen LogP contribution in [0.4, 0.5) is 0 Å². The highest BCUT2D eigenvalue weighted by Gasteiger charge is 2.18. The van der Waals surface area contributed by atoms with E-state index < -0.39 is 0 Å². The maximum Gasteiger partial charge on any atom is 0.121 e. The second-order valence-electron chi connectivity index (χ2n) is 8.26. The van der Waals surface area contributed by atoms with Crippen molar-refractivity contribution in [1.29, 1.82) is 0 Å². The van der Waals surface area contributed by atoms with E-state index in [1.807, 2.05) is 6.92 Å². The molecule has 0 spiro atoms. The van der Waals surface area contributed by atoms with Crippen molar-refractivity contribution in [2.24, 2.45) is 5.92 Å². The summed E-state index contributed by atoms with van der Waals surface area (Å²) >= 11 is 0. The van der Waals surface area contributed by atoms with Crippen molar-refractivity contribution in [2.45, 2.75) is 111 Å². The van der Waals surface area contributed by atoms with E-state index in [0.717, 1.165) is 11.1 Å². The maximum atomic E-state index is 10.4. The van der Waals surface area contributed by atoms with E-state index in [0.29, 0.717) is 17.6 Å². The van der Waals surface area contributed by atoms with Gasteiger partial charge in [0.15, 0.2) is 0 Å². The van der Waals surface area contributed by atoms with E-state index in [1.54, 1.807) is 0 Å². The molecule has 2 atom stereocenters. The van der Waals surface area contributed by atoms with Crippen molar-refractivity contribution in [1.82, 2.24) is 0 Å². The van der Waals surface area contributed by atoms with Crippen LogP contribution in [0, 0.1) is 19.8 Å². The summed E-state index contributed by atoms with van der Waals surface area (Å²) in [6, 6.07) is 4.24. The predicted molar refractivity (Wildman–Crippen MR) is 112 cm³/mol. The molecule has 0 saturated carbocycles. The van der Waals surface area contributed by atoms with E-state index in [2.05, 4.69) is 39.8 Å². The normalized spacial score (nSPS) is 13.8. The molecule has 0 aliphatic heterocycles. The molecule has 0 aliphatic rings. The molecule has 0 saturated heterocycles. The third-order valence-electron chi connectivity index (χ3n) is 5.83. The van der Waals surface area contributed by atoms with Crippen LogP contribution in [0.3, 0.4) is 0 Å². The monoisotopic (exact) mass is 346 g/mol. The molecule has 1 heteroatoms. The Balaban J connectivity index is 2.21. The zero-order valence-corrected chi connectivity index (χ0v) is 17.5. The third-order valence-corrected chi connectivity index (χ3v) is 5.83. The maximum absolute atomic E-state index is 10.4. The Hall–Kier alpha value is -0.980. The van der Waals surface area contributed by atoms with Gasteiger partial charge in [-0.1, -0.05) is 109 Å². The lowest BCUT2D eigenvalue weighted by atomic mass is 9.83. The lowest BCUT2D eigenvalue weighted by molar-refractivity contribution is 0.402. The van der Waals surface area contributed by atoms with Gasteiger partial charge in [0.1, 0.15) is 5.75 Å². The van der Waals surface area contributed by atoms with Crippen LogP contribution in [0.25, 0.3) is 0 Å². The minimum absolute atomic E-state index is 0.428. The smallest absolute Gasteiger partial charge is 0.121 e. The second-order valence-corrected chi connectivity index (χ2v) is 8.26. The van der Waals surface area contributed by atoms with Crippen LogP contribution in [-0.4, -0.2) is 5.11 Å². The van der Waals surface area contributed by atoms with Crippen LogP contribution < -0.4 is 0 Å². The first-order valence-electron chi connectivity index (χ1n) is 10.8. The molecule has 1 rings (SSSR count). The highest BCUT2D eigenvalue weighted by Crippen LogP contribution is 2.36. The lowest BCUT2D eigenvalue weighted by Crippen LogP contribution is -2.07. The molecule has 0 heterocycles. The van der Waals surface area contributed by atoms with Gasteiger partial charge in [0.05, 0.1) is 0 Å². The van der Waals surface area contributed by atoms with Gasteiger partial charge in [0.25, 0.3) is 0 Å². The fourth-order valence-electron chi connectivity index (χ4n) is 3.85. The van der Waals surface area contributed by atoms with Gasteiger partial charge in [-0.05, 0) is 36.8 Å². The van der Waals surface area contributed by atoms with Crippen LogP contribution in [0.15, 0.2) is 12.1 Å². The molecule has 1 nitrogen and oxygen atoms in total. The van der Waals surface area contributed by atoms with E-state index in [4.69, 9.17) is 0 Å². The summed E-state index contributed by atoms with van der Waals surface area (Å²) in [6.45, 7) is 11.0. The molecule has 0 aromatic heterocycles. The van der Waals surface area contributed by atoms with Crippen LogP contribution >= 0.6 is 0 Å². The summed E-state index contributed by atoms with van der Waals surface area (Å²) in [5.74, 6) is 1.56. The standard InChI is InChI=1S/C24H42O/c1-6-7-8-9-10-11-12-13-14-15-16-20(3)22(5)23-18-19(2)17-21(4)24(23)25/h17-18,20,22,25H,6-16H2,1-5H3. The number of unbranched alkanes of at least 4 members (excludes halogenated alkanes) is 9. The Morgan fingerprint density at radius 1 is 0.800 bits per heavy atom. The molecule has 2 unspecified atom stereocenters. The van der Waals surface area contributed by atoms with Gasteiger partial charge < -0.3 is 5.11 Å². The highest BCUT2D eigenvalue weighted by molar-refractivity contribution is 5.44. The van der Waals surface area contributed by atoms with Crippen LogP contribution in [0.5, 0.6) is 5.75 Å². The van der Waals surface area contributed by atoms with E-state index >= 15 is 0 Å².